The third kappa shape index (κ3) is 3.01. The summed E-state index contributed by atoms with van der Waals surface area (Å²) in [7, 11) is 1.43. The van der Waals surface area contributed by atoms with Gasteiger partial charge in [0, 0.05) is 6.04 Å². The lowest BCUT2D eigenvalue weighted by Gasteiger charge is -2.19. The molecule has 1 aliphatic rings. The van der Waals surface area contributed by atoms with E-state index in [-0.39, 0.29) is 29.3 Å². The van der Waals surface area contributed by atoms with E-state index in [4.69, 9.17) is 15.2 Å². The summed E-state index contributed by atoms with van der Waals surface area (Å²) in [5.74, 6) is 0.371. The zero-order chi connectivity index (χ0) is 13.0. The molecule has 1 heterocycles. The van der Waals surface area contributed by atoms with Gasteiger partial charge in [-0.2, -0.15) is 0 Å². The minimum absolute atomic E-state index is 0.00528. The lowest BCUT2D eigenvalue weighted by molar-refractivity contribution is 0.163. The van der Waals surface area contributed by atoms with E-state index in [1.165, 1.54) is 13.4 Å². The largest absolute Gasteiger partial charge is 0.487 e. The van der Waals surface area contributed by atoms with Gasteiger partial charge in [0.25, 0.3) is 11.4 Å². The summed E-state index contributed by atoms with van der Waals surface area (Å²) in [5.41, 5.74) is 5.65. The van der Waals surface area contributed by atoms with Crippen LogP contribution < -0.4 is 20.8 Å². The van der Waals surface area contributed by atoms with Crippen LogP contribution in [0.5, 0.6) is 11.6 Å². The van der Waals surface area contributed by atoms with Crippen molar-refractivity contribution in [2.45, 2.75) is 44.2 Å². The molecule has 0 aromatic carbocycles. The highest BCUT2D eigenvalue weighted by Crippen LogP contribution is 2.25. The molecule has 2 atom stereocenters. The van der Waals surface area contributed by atoms with Crippen LogP contribution in [0.25, 0.3) is 0 Å². The highest BCUT2D eigenvalue weighted by atomic mass is 16.5. The fraction of sp³-hybridized carbons (Fsp3) is 0.667. The number of ether oxygens (including phenoxy) is 2. The van der Waals surface area contributed by atoms with Crippen LogP contribution in [0.15, 0.2) is 11.1 Å². The second-order valence-corrected chi connectivity index (χ2v) is 4.59. The lowest BCUT2D eigenvalue weighted by atomic mass is 10.1. The number of methoxy groups -OCH3 is 1. The monoisotopic (exact) mass is 253 g/mol. The molecule has 6 heteroatoms. The zero-order valence-corrected chi connectivity index (χ0v) is 10.5. The van der Waals surface area contributed by atoms with E-state index in [1.807, 2.05) is 0 Å². The van der Waals surface area contributed by atoms with E-state index < -0.39 is 0 Å². The molecule has 0 aliphatic heterocycles. The van der Waals surface area contributed by atoms with Gasteiger partial charge < -0.3 is 20.2 Å². The molecule has 18 heavy (non-hydrogen) atoms. The van der Waals surface area contributed by atoms with Gasteiger partial charge >= 0.3 is 0 Å². The molecule has 1 fully saturated rings. The number of H-pyrrole nitrogens is 1. The van der Waals surface area contributed by atoms with Gasteiger partial charge in [-0.3, -0.25) is 4.79 Å². The van der Waals surface area contributed by atoms with Gasteiger partial charge in [0.1, 0.15) is 6.10 Å². The number of nitrogens with zero attached hydrogens (tertiary/aromatic N) is 1. The normalized spacial score (nSPS) is 24.3. The summed E-state index contributed by atoms with van der Waals surface area (Å²) < 4.78 is 10.8. The van der Waals surface area contributed by atoms with Gasteiger partial charge in [0.15, 0.2) is 0 Å². The van der Waals surface area contributed by atoms with Crippen LogP contribution >= 0.6 is 0 Å². The highest BCUT2D eigenvalue weighted by molar-refractivity contribution is 5.29. The predicted octanol–water partition coefficient (Wildman–Crippen LogP) is 0.817. The molecule has 0 saturated heterocycles. The summed E-state index contributed by atoms with van der Waals surface area (Å²) in [6, 6.07) is 0.158. The number of nitrogens with two attached hydrogens (primary N) is 1. The zero-order valence-electron chi connectivity index (χ0n) is 10.5. The molecule has 0 spiro atoms. The second-order valence-electron chi connectivity index (χ2n) is 4.59. The Kier molecular flexibility index (Phi) is 4.19. The van der Waals surface area contributed by atoms with Crippen LogP contribution in [0, 0.1) is 0 Å². The number of aromatic nitrogens is 2. The van der Waals surface area contributed by atoms with Crippen LogP contribution in [0.3, 0.4) is 0 Å². The Balaban J connectivity index is 2.13. The third-order valence-corrected chi connectivity index (χ3v) is 3.18. The maximum absolute atomic E-state index is 11.5. The molecule has 1 aromatic rings. The number of nitrogens with one attached hydrogen (secondary N) is 1. The number of rotatable bonds is 3. The van der Waals surface area contributed by atoms with E-state index in [1.54, 1.807) is 0 Å². The Hall–Kier alpha value is -1.56. The Morgan fingerprint density at radius 1 is 1.44 bits per heavy atom. The number of hydrogen-bond acceptors (Lipinski definition) is 5. The summed E-state index contributed by atoms with van der Waals surface area (Å²) in [6.07, 6.45) is 6.29. The topological polar surface area (TPSA) is 90.2 Å². The molecule has 2 rings (SSSR count). The molecule has 100 valence electrons. The molecule has 1 aliphatic carbocycles. The van der Waals surface area contributed by atoms with Crippen LogP contribution in [0.1, 0.15) is 32.1 Å². The van der Waals surface area contributed by atoms with Gasteiger partial charge in [0.2, 0.25) is 5.75 Å². The smallest absolute Gasteiger partial charge is 0.297 e. The van der Waals surface area contributed by atoms with Crippen molar-refractivity contribution in [2.75, 3.05) is 7.11 Å². The Morgan fingerprint density at radius 2 is 2.22 bits per heavy atom. The Labute approximate surface area is 106 Å². The van der Waals surface area contributed by atoms with E-state index in [0.29, 0.717) is 0 Å². The van der Waals surface area contributed by atoms with Crippen LogP contribution in [0.2, 0.25) is 0 Å². The van der Waals surface area contributed by atoms with Crippen molar-refractivity contribution in [3.63, 3.8) is 0 Å². The van der Waals surface area contributed by atoms with Gasteiger partial charge in [-0.25, -0.2) is 4.98 Å². The molecule has 3 N–H and O–H groups in total. The Morgan fingerprint density at radius 3 is 3.00 bits per heavy atom. The lowest BCUT2D eigenvalue weighted by Crippen LogP contribution is -2.28. The summed E-state index contributed by atoms with van der Waals surface area (Å²) in [4.78, 5) is 18.0. The number of hydrogen-bond donors (Lipinski definition) is 2. The third-order valence-electron chi connectivity index (χ3n) is 3.18. The predicted molar refractivity (Wildman–Crippen MR) is 66.9 cm³/mol. The maximum atomic E-state index is 11.5. The average molecular weight is 253 g/mol. The minimum atomic E-state index is -0.333. The first-order valence-electron chi connectivity index (χ1n) is 6.24. The van der Waals surface area contributed by atoms with E-state index in [2.05, 4.69) is 9.97 Å². The van der Waals surface area contributed by atoms with E-state index in [9.17, 15) is 4.79 Å². The average Bonchev–Trinajstić information content (AvgIpc) is 2.54. The van der Waals surface area contributed by atoms with Gasteiger partial charge in [0.05, 0.1) is 13.4 Å². The van der Waals surface area contributed by atoms with Crippen molar-refractivity contribution in [3.8, 4) is 11.6 Å². The minimum Gasteiger partial charge on any atom is -0.487 e. The maximum Gasteiger partial charge on any atom is 0.297 e. The fourth-order valence-electron chi connectivity index (χ4n) is 2.25. The van der Waals surface area contributed by atoms with Crippen LogP contribution in [-0.2, 0) is 0 Å². The molecule has 0 bridgehead atoms. The summed E-state index contributed by atoms with van der Waals surface area (Å²) in [5, 5.41) is 0. The molecule has 2 unspecified atom stereocenters. The van der Waals surface area contributed by atoms with Gasteiger partial charge in [-0.1, -0.05) is 6.42 Å². The van der Waals surface area contributed by atoms with Gasteiger partial charge in [-0.05, 0) is 25.7 Å². The van der Waals surface area contributed by atoms with Crippen LogP contribution in [0.4, 0.5) is 0 Å². The van der Waals surface area contributed by atoms with E-state index >= 15 is 0 Å². The first-order chi connectivity index (χ1) is 8.70. The first-order valence-corrected chi connectivity index (χ1v) is 6.24. The van der Waals surface area contributed by atoms with E-state index in [0.717, 1.165) is 32.1 Å². The molecule has 1 saturated carbocycles. The second kappa shape index (κ2) is 5.86. The summed E-state index contributed by atoms with van der Waals surface area (Å²) >= 11 is 0. The number of aromatic amines is 1. The van der Waals surface area contributed by atoms with Crippen molar-refractivity contribution >= 4 is 0 Å². The molecule has 1 aromatic heterocycles. The molecular formula is C12H19N3O3. The van der Waals surface area contributed by atoms with Crippen molar-refractivity contribution in [3.05, 3.63) is 16.7 Å². The molecule has 6 nitrogen and oxygen atoms in total. The van der Waals surface area contributed by atoms with Crippen molar-refractivity contribution < 1.29 is 9.47 Å². The van der Waals surface area contributed by atoms with Gasteiger partial charge in [-0.15, -0.1) is 0 Å². The Bertz CT molecular complexity index is 446. The quantitative estimate of drug-likeness (QED) is 0.778. The first kappa shape index (κ1) is 12.9. The fourth-order valence-corrected chi connectivity index (χ4v) is 2.25. The molecular weight excluding hydrogens is 234 g/mol. The van der Waals surface area contributed by atoms with Crippen molar-refractivity contribution in [1.29, 1.82) is 0 Å². The van der Waals surface area contributed by atoms with Crippen molar-refractivity contribution in [2.24, 2.45) is 5.73 Å². The molecule has 0 radical (unpaired) electrons. The van der Waals surface area contributed by atoms with Crippen LogP contribution in [-0.4, -0.2) is 29.2 Å². The summed E-state index contributed by atoms with van der Waals surface area (Å²) in [6.45, 7) is 0. The highest BCUT2D eigenvalue weighted by Gasteiger charge is 2.21. The van der Waals surface area contributed by atoms with Crippen molar-refractivity contribution in [1.82, 2.24) is 9.97 Å². The standard InChI is InChI=1S/C12H19N3O3/c1-17-10-11(16)14-7-15-12(10)18-9-5-3-2-4-8(13)6-9/h7-9H,2-6,13H2,1H3,(H,14,15,16). The molecule has 0 amide bonds. The SMILES string of the molecule is COc1c(OC2CCCCC(N)C2)nc[nH]c1=O.